The van der Waals surface area contributed by atoms with E-state index in [1.54, 1.807) is 4.57 Å². The highest BCUT2D eigenvalue weighted by atomic mass is 31.0. The van der Waals surface area contributed by atoms with Crippen molar-refractivity contribution >= 4 is 32.1 Å². The largest absolute Gasteiger partial charge is 0.369 e. The molecule has 27 heavy (non-hydrogen) atoms. The number of Topliss-reactive ketones (excluding diaryl/α,β-unsaturated/α-hetero) is 1. The molecule has 0 saturated carbocycles. The molecule has 2 atom stereocenters. The number of benzene rings is 1. The van der Waals surface area contributed by atoms with Crippen LogP contribution in [0.15, 0.2) is 23.3 Å². The lowest BCUT2D eigenvalue weighted by Crippen LogP contribution is -2.22. The summed E-state index contributed by atoms with van der Waals surface area (Å²) in [5, 5.41) is 0. The second kappa shape index (κ2) is 7.58. The first kappa shape index (κ1) is 19.2. The van der Waals surface area contributed by atoms with Crippen LogP contribution in [-0.4, -0.2) is 37.8 Å². The van der Waals surface area contributed by atoms with Gasteiger partial charge in [-0.15, -0.1) is 0 Å². The fourth-order valence-corrected chi connectivity index (χ4v) is 3.50. The molecule has 0 fully saturated rings. The Morgan fingerprint density at radius 2 is 2.00 bits per heavy atom. The van der Waals surface area contributed by atoms with Crippen molar-refractivity contribution in [2.45, 2.75) is 33.2 Å². The predicted octanol–water partition coefficient (Wildman–Crippen LogP) is 1.73. The summed E-state index contributed by atoms with van der Waals surface area (Å²) in [5.74, 6) is -0.717. The number of ether oxygens (including phenoxy) is 1. The Morgan fingerprint density at radius 1 is 1.33 bits per heavy atom. The Kier molecular flexibility index (Phi) is 5.39. The first-order valence-electron chi connectivity index (χ1n) is 8.48. The number of carbonyl (C=O) groups is 1. The maximum absolute atomic E-state index is 12.8. The van der Waals surface area contributed by atoms with Gasteiger partial charge in [-0.25, -0.2) is 4.98 Å². The second-order valence-corrected chi connectivity index (χ2v) is 7.10. The summed E-state index contributed by atoms with van der Waals surface area (Å²) in [6.45, 7) is 6.50. The molecule has 1 aromatic carbocycles. The molecule has 3 N–H and O–H groups in total. The molecular weight excluding hydrogens is 365 g/mol. The van der Waals surface area contributed by atoms with Gasteiger partial charge in [0.25, 0.3) is 5.56 Å². The van der Waals surface area contributed by atoms with Crippen molar-refractivity contribution in [2.24, 2.45) is 0 Å². The topological polar surface area (TPSA) is 116 Å². The fraction of sp³-hybridized carbons (Fsp3) is 0.333. The zero-order valence-corrected chi connectivity index (χ0v) is 16.6. The van der Waals surface area contributed by atoms with Gasteiger partial charge in [-0.1, -0.05) is 26.9 Å². The molecular formula is C18H22N5O3P. The molecule has 8 nitrogen and oxygen atoms in total. The number of aromatic nitrogens is 4. The van der Waals surface area contributed by atoms with E-state index in [1.807, 2.05) is 32.9 Å². The van der Waals surface area contributed by atoms with Gasteiger partial charge < -0.3 is 15.0 Å². The second-order valence-electron chi connectivity index (χ2n) is 6.49. The Bertz CT molecular complexity index is 1050. The molecule has 0 spiro atoms. The number of nitrogens with two attached hydrogens (primary N) is 1. The van der Waals surface area contributed by atoms with Crippen molar-refractivity contribution in [2.75, 3.05) is 12.3 Å². The van der Waals surface area contributed by atoms with Crippen LogP contribution in [0.1, 0.15) is 27.0 Å². The lowest BCUT2D eigenvalue weighted by molar-refractivity contribution is 0.0656. The Morgan fingerprint density at radius 3 is 2.67 bits per heavy atom. The van der Waals surface area contributed by atoms with Gasteiger partial charge in [0.05, 0.1) is 12.9 Å². The number of rotatable bonds is 6. The number of H-pyrrole nitrogens is 1. The van der Waals surface area contributed by atoms with Gasteiger partial charge in [0.1, 0.15) is 5.85 Å². The molecule has 2 heterocycles. The number of aromatic amines is 1. The number of nitrogens with zero attached hydrogens (tertiary/aromatic N) is 3. The van der Waals surface area contributed by atoms with Gasteiger partial charge in [-0.3, -0.25) is 14.6 Å². The number of fused-ring (bicyclic) bond motifs is 1. The number of nitrogen functional groups attached to an aromatic ring is 1. The van der Waals surface area contributed by atoms with Crippen LogP contribution >= 0.6 is 9.24 Å². The number of hydrogen-bond acceptors (Lipinski definition) is 6. The van der Waals surface area contributed by atoms with Crippen LogP contribution in [0.4, 0.5) is 5.95 Å². The SMILES string of the molecule is Cc1cc(C)c(C(=O)C(P)OCCn2cnc3c(=O)[nH]c(N)nc32)c(C)c1. The highest BCUT2D eigenvalue weighted by Crippen LogP contribution is 2.21. The molecule has 2 aromatic heterocycles. The quantitative estimate of drug-likeness (QED) is 0.492. The van der Waals surface area contributed by atoms with E-state index < -0.39 is 5.85 Å². The van der Waals surface area contributed by atoms with Crippen LogP contribution in [0.5, 0.6) is 0 Å². The van der Waals surface area contributed by atoms with E-state index in [9.17, 15) is 9.59 Å². The third-order valence-corrected chi connectivity index (χ3v) is 4.80. The van der Waals surface area contributed by atoms with Crippen molar-refractivity contribution in [3.63, 3.8) is 0 Å². The maximum Gasteiger partial charge on any atom is 0.280 e. The summed E-state index contributed by atoms with van der Waals surface area (Å²) >= 11 is 0. The van der Waals surface area contributed by atoms with E-state index in [1.165, 1.54) is 6.33 Å². The Hall–Kier alpha value is -2.57. The first-order chi connectivity index (χ1) is 12.8. The monoisotopic (exact) mass is 387 g/mol. The number of imidazole rings is 1. The average Bonchev–Trinajstić information content (AvgIpc) is 2.97. The van der Waals surface area contributed by atoms with Crippen LogP contribution in [0.3, 0.4) is 0 Å². The molecule has 0 radical (unpaired) electrons. The zero-order valence-electron chi connectivity index (χ0n) is 15.4. The highest BCUT2D eigenvalue weighted by Gasteiger charge is 2.20. The summed E-state index contributed by atoms with van der Waals surface area (Å²) < 4.78 is 7.37. The molecule has 0 aliphatic rings. The summed E-state index contributed by atoms with van der Waals surface area (Å²) in [6, 6.07) is 3.98. The molecule has 9 heteroatoms. The molecule has 2 unspecified atom stereocenters. The summed E-state index contributed by atoms with van der Waals surface area (Å²) in [6.07, 6.45) is 1.50. The number of nitrogens with one attached hydrogen (secondary N) is 1. The third kappa shape index (κ3) is 3.91. The number of hydrogen-bond donors (Lipinski definition) is 2. The lowest BCUT2D eigenvalue weighted by Gasteiger charge is -2.16. The molecule has 142 valence electrons. The number of carbonyl (C=O) groups excluding carboxylic acids is 1. The molecule has 0 amide bonds. The lowest BCUT2D eigenvalue weighted by atomic mass is 9.97. The minimum Gasteiger partial charge on any atom is -0.369 e. The van der Waals surface area contributed by atoms with Crippen molar-refractivity contribution in [1.29, 1.82) is 0 Å². The minimum atomic E-state index is -0.665. The molecule has 0 aliphatic heterocycles. The fourth-order valence-electron chi connectivity index (χ4n) is 3.20. The van der Waals surface area contributed by atoms with Crippen LogP contribution in [0.2, 0.25) is 0 Å². The maximum atomic E-state index is 12.8. The predicted molar refractivity (Wildman–Crippen MR) is 107 cm³/mol. The summed E-state index contributed by atoms with van der Waals surface area (Å²) in [4.78, 5) is 35.1. The van der Waals surface area contributed by atoms with Crippen LogP contribution in [0.25, 0.3) is 11.2 Å². The van der Waals surface area contributed by atoms with Gasteiger partial charge in [0.2, 0.25) is 5.95 Å². The number of ketones is 1. The summed E-state index contributed by atoms with van der Waals surface area (Å²) in [7, 11) is 2.44. The van der Waals surface area contributed by atoms with E-state index in [-0.39, 0.29) is 29.4 Å². The molecule has 0 bridgehead atoms. The first-order valence-corrected chi connectivity index (χ1v) is 9.14. The molecule has 3 aromatic rings. The highest BCUT2D eigenvalue weighted by molar-refractivity contribution is 7.19. The van der Waals surface area contributed by atoms with Crippen molar-refractivity contribution in [3.8, 4) is 0 Å². The number of aryl methyl sites for hydroxylation is 3. The van der Waals surface area contributed by atoms with E-state index >= 15 is 0 Å². The van der Waals surface area contributed by atoms with E-state index in [4.69, 9.17) is 10.5 Å². The van der Waals surface area contributed by atoms with E-state index in [0.717, 1.165) is 16.7 Å². The normalized spacial score (nSPS) is 12.4. The standard InChI is InChI=1S/C18H22N5O3P/c1-9-6-10(2)12(11(3)7-9)14(24)17(27)26-5-4-23-8-20-13-15(23)21-18(19)22-16(13)25/h6-8,17H,4-5,27H2,1-3H3,(H3,19,21,22,25). The minimum absolute atomic E-state index is 0.0274. The smallest absolute Gasteiger partial charge is 0.280 e. The van der Waals surface area contributed by atoms with Gasteiger partial charge in [-0.2, -0.15) is 4.98 Å². The van der Waals surface area contributed by atoms with Crippen LogP contribution in [-0.2, 0) is 11.3 Å². The molecule has 0 saturated heterocycles. The van der Waals surface area contributed by atoms with Crippen LogP contribution < -0.4 is 11.3 Å². The number of anilines is 1. The van der Waals surface area contributed by atoms with Crippen LogP contribution in [0, 0.1) is 20.8 Å². The molecule has 3 rings (SSSR count). The van der Waals surface area contributed by atoms with Gasteiger partial charge >= 0.3 is 0 Å². The van der Waals surface area contributed by atoms with Gasteiger partial charge in [0, 0.05) is 12.1 Å². The third-order valence-electron chi connectivity index (χ3n) is 4.30. The Balaban J connectivity index is 1.69. The van der Waals surface area contributed by atoms with Crippen molar-refractivity contribution in [3.05, 3.63) is 51.1 Å². The van der Waals surface area contributed by atoms with Crippen molar-refractivity contribution in [1.82, 2.24) is 19.5 Å². The van der Waals surface area contributed by atoms with Gasteiger partial charge in [-0.05, 0) is 31.9 Å². The van der Waals surface area contributed by atoms with E-state index in [0.29, 0.717) is 17.8 Å². The van der Waals surface area contributed by atoms with E-state index in [2.05, 4.69) is 24.2 Å². The zero-order chi connectivity index (χ0) is 19.7. The summed E-state index contributed by atoms with van der Waals surface area (Å²) in [5.41, 5.74) is 9.49. The van der Waals surface area contributed by atoms with Gasteiger partial charge in [0.15, 0.2) is 16.9 Å². The van der Waals surface area contributed by atoms with Crippen molar-refractivity contribution < 1.29 is 9.53 Å². The Labute approximate surface area is 158 Å². The average molecular weight is 387 g/mol. The molecule has 0 aliphatic carbocycles.